The van der Waals surface area contributed by atoms with Gasteiger partial charge in [-0.25, -0.2) is 0 Å². The summed E-state index contributed by atoms with van der Waals surface area (Å²) < 4.78 is 16.3. The third kappa shape index (κ3) is 3.30. The Bertz CT molecular complexity index is 415. The molecule has 19 heavy (non-hydrogen) atoms. The molecule has 0 aliphatic heterocycles. The van der Waals surface area contributed by atoms with Crippen LogP contribution in [0, 0.1) is 0 Å². The van der Waals surface area contributed by atoms with Crippen molar-refractivity contribution in [3.8, 4) is 17.2 Å². The molecule has 5 nitrogen and oxygen atoms in total. The normalized spacial score (nSPS) is 26.2. The number of ether oxygens (including phenoxy) is 3. The number of methoxy groups -OCH3 is 2. The Labute approximate surface area is 113 Å². The van der Waals surface area contributed by atoms with Crippen molar-refractivity contribution in [2.75, 3.05) is 20.8 Å². The predicted molar refractivity (Wildman–Crippen MR) is 71.8 cm³/mol. The van der Waals surface area contributed by atoms with Gasteiger partial charge in [0.2, 0.25) is 0 Å². The van der Waals surface area contributed by atoms with Gasteiger partial charge in [0.05, 0.1) is 20.8 Å². The smallest absolute Gasteiger partial charge is 0.127 e. The van der Waals surface area contributed by atoms with Crippen LogP contribution in [0.3, 0.4) is 0 Å². The fraction of sp³-hybridized carbons (Fsp3) is 0.571. The monoisotopic (exact) mass is 267 g/mol. The van der Waals surface area contributed by atoms with Gasteiger partial charge in [-0.2, -0.15) is 0 Å². The minimum Gasteiger partial charge on any atom is -0.496 e. The maximum Gasteiger partial charge on any atom is 0.127 e. The molecule has 106 valence electrons. The van der Waals surface area contributed by atoms with Crippen molar-refractivity contribution >= 4 is 0 Å². The first-order valence-electron chi connectivity index (χ1n) is 6.38. The van der Waals surface area contributed by atoms with Crippen LogP contribution in [-0.4, -0.2) is 37.6 Å². The summed E-state index contributed by atoms with van der Waals surface area (Å²) in [6, 6.07) is 5.43. The molecule has 2 rings (SSSR count). The summed E-state index contributed by atoms with van der Waals surface area (Å²) >= 11 is 0. The molecular weight excluding hydrogens is 246 g/mol. The number of aliphatic hydroxyl groups excluding tert-OH is 1. The van der Waals surface area contributed by atoms with Gasteiger partial charge in [-0.15, -0.1) is 0 Å². The number of hydrogen-bond donors (Lipinski definition) is 2. The SMILES string of the molecule is COc1cc(OC)cc(OC2CCC(N)(CO)C2)c1. The first-order valence-corrected chi connectivity index (χ1v) is 6.38. The van der Waals surface area contributed by atoms with E-state index in [1.54, 1.807) is 20.3 Å². The highest BCUT2D eigenvalue weighted by Gasteiger charge is 2.36. The zero-order valence-electron chi connectivity index (χ0n) is 11.4. The van der Waals surface area contributed by atoms with Gasteiger partial charge in [0.15, 0.2) is 0 Å². The van der Waals surface area contributed by atoms with E-state index in [0.717, 1.165) is 12.8 Å². The van der Waals surface area contributed by atoms with E-state index < -0.39 is 5.54 Å². The summed E-state index contributed by atoms with van der Waals surface area (Å²) in [5, 5.41) is 9.25. The van der Waals surface area contributed by atoms with Gasteiger partial charge in [-0.05, 0) is 12.8 Å². The number of rotatable bonds is 5. The topological polar surface area (TPSA) is 73.9 Å². The van der Waals surface area contributed by atoms with Gasteiger partial charge in [0.25, 0.3) is 0 Å². The lowest BCUT2D eigenvalue weighted by Crippen LogP contribution is -2.41. The Kier molecular flexibility index (Phi) is 4.17. The maximum atomic E-state index is 9.25. The van der Waals surface area contributed by atoms with E-state index in [4.69, 9.17) is 19.9 Å². The largest absolute Gasteiger partial charge is 0.496 e. The molecule has 5 heteroatoms. The third-order valence-electron chi connectivity index (χ3n) is 3.54. The van der Waals surface area contributed by atoms with E-state index in [-0.39, 0.29) is 12.7 Å². The lowest BCUT2D eigenvalue weighted by atomic mass is 10.0. The van der Waals surface area contributed by atoms with Crippen LogP contribution in [0.15, 0.2) is 18.2 Å². The molecule has 1 aliphatic rings. The number of benzene rings is 1. The van der Waals surface area contributed by atoms with Crippen molar-refractivity contribution in [3.63, 3.8) is 0 Å². The van der Waals surface area contributed by atoms with E-state index in [9.17, 15) is 5.11 Å². The van der Waals surface area contributed by atoms with Crippen molar-refractivity contribution in [1.29, 1.82) is 0 Å². The highest BCUT2D eigenvalue weighted by Crippen LogP contribution is 2.33. The number of nitrogens with two attached hydrogens (primary N) is 1. The summed E-state index contributed by atoms with van der Waals surface area (Å²) in [7, 11) is 3.20. The number of aliphatic hydroxyl groups is 1. The van der Waals surface area contributed by atoms with Gasteiger partial charge in [-0.3, -0.25) is 0 Å². The highest BCUT2D eigenvalue weighted by atomic mass is 16.5. The second-order valence-electron chi connectivity index (χ2n) is 5.05. The van der Waals surface area contributed by atoms with Gasteiger partial charge in [-0.1, -0.05) is 0 Å². The van der Waals surface area contributed by atoms with Gasteiger partial charge in [0, 0.05) is 30.2 Å². The fourth-order valence-corrected chi connectivity index (χ4v) is 2.39. The molecule has 1 aromatic carbocycles. The Morgan fingerprint density at radius 2 is 1.79 bits per heavy atom. The molecular formula is C14H21NO4. The lowest BCUT2D eigenvalue weighted by molar-refractivity contribution is 0.165. The molecule has 3 N–H and O–H groups in total. The van der Waals surface area contributed by atoms with Crippen molar-refractivity contribution in [3.05, 3.63) is 18.2 Å². The second-order valence-corrected chi connectivity index (χ2v) is 5.05. The van der Waals surface area contributed by atoms with Crippen LogP contribution >= 0.6 is 0 Å². The molecule has 1 aliphatic carbocycles. The highest BCUT2D eigenvalue weighted by molar-refractivity contribution is 5.42. The first-order chi connectivity index (χ1) is 9.08. The Morgan fingerprint density at radius 1 is 1.21 bits per heavy atom. The summed E-state index contributed by atoms with van der Waals surface area (Å²) in [5.74, 6) is 2.07. The van der Waals surface area contributed by atoms with Crippen LogP contribution in [-0.2, 0) is 0 Å². The van der Waals surface area contributed by atoms with E-state index in [1.165, 1.54) is 0 Å². The van der Waals surface area contributed by atoms with Gasteiger partial charge >= 0.3 is 0 Å². The average molecular weight is 267 g/mol. The van der Waals surface area contributed by atoms with E-state index >= 15 is 0 Å². The molecule has 2 unspecified atom stereocenters. The summed E-state index contributed by atoms with van der Waals surface area (Å²) in [6.45, 7) is -0.00566. The molecule has 1 fully saturated rings. The van der Waals surface area contributed by atoms with Crippen molar-refractivity contribution in [2.24, 2.45) is 5.73 Å². The molecule has 1 aromatic rings. The Morgan fingerprint density at radius 3 is 2.26 bits per heavy atom. The van der Waals surface area contributed by atoms with Crippen LogP contribution in [0.25, 0.3) is 0 Å². The summed E-state index contributed by atoms with van der Waals surface area (Å²) in [4.78, 5) is 0. The molecule has 0 heterocycles. The quantitative estimate of drug-likeness (QED) is 0.841. The van der Waals surface area contributed by atoms with Crippen molar-refractivity contribution in [2.45, 2.75) is 30.9 Å². The Balaban J connectivity index is 2.07. The van der Waals surface area contributed by atoms with Crippen LogP contribution in [0.2, 0.25) is 0 Å². The minimum absolute atomic E-state index is 0.00566. The lowest BCUT2D eigenvalue weighted by Gasteiger charge is -2.21. The van der Waals surface area contributed by atoms with Gasteiger partial charge < -0.3 is 25.1 Å². The van der Waals surface area contributed by atoms with E-state index in [1.807, 2.05) is 12.1 Å². The maximum absolute atomic E-state index is 9.25. The van der Waals surface area contributed by atoms with Crippen LogP contribution < -0.4 is 19.9 Å². The molecule has 2 atom stereocenters. The zero-order chi connectivity index (χ0) is 13.9. The van der Waals surface area contributed by atoms with E-state index in [0.29, 0.717) is 23.7 Å². The second kappa shape index (κ2) is 5.67. The third-order valence-corrected chi connectivity index (χ3v) is 3.54. The van der Waals surface area contributed by atoms with E-state index in [2.05, 4.69) is 0 Å². The summed E-state index contributed by atoms with van der Waals surface area (Å²) in [6.07, 6.45) is 2.29. The average Bonchev–Trinajstić information content (AvgIpc) is 2.80. The fourth-order valence-electron chi connectivity index (χ4n) is 2.39. The van der Waals surface area contributed by atoms with Crippen LogP contribution in [0.4, 0.5) is 0 Å². The van der Waals surface area contributed by atoms with Crippen molar-refractivity contribution < 1.29 is 19.3 Å². The molecule has 0 radical (unpaired) electrons. The molecule has 0 bridgehead atoms. The minimum atomic E-state index is -0.506. The Hall–Kier alpha value is -1.46. The summed E-state index contributed by atoms with van der Waals surface area (Å²) in [5.41, 5.74) is 5.53. The van der Waals surface area contributed by atoms with Crippen molar-refractivity contribution in [1.82, 2.24) is 0 Å². The molecule has 1 saturated carbocycles. The zero-order valence-corrected chi connectivity index (χ0v) is 11.4. The predicted octanol–water partition coefficient (Wildman–Crippen LogP) is 1.32. The first kappa shape index (κ1) is 14.0. The molecule has 0 spiro atoms. The molecule has 0 saturated heterocycles. The molecule has 0 aromatic heterocycles. The van der Waals surface area contributed by atoms with Crippen LogP contribution in [0.5, 0.6) is 17.2 Å². The standard InChI is InChI=1S/C14H21NO4/c1-17-11-5-12(18-2)7-13(6-11)19-10-3-4-14(15,8-10)9-16/h5-7,10,16H,3-4,8-9,15H2,1-2H3. The van der Waals surface area contributed by atoms with Gasteiger partial charge in [0.1, 0.15) is 23.4 Å². The number of hydrogen-bond acceptors (Lipinski definition) is 5. The molecule has 0 amide bonds. The van der Waals surface area contributed by atoms with Crippen LogP contribution in [0.1, 0.15) is 19.3 Å².